The number of likely N-dealkylation sites (tertiary alicyclic amines) is 1. The Hall–Kier alpha value is -2.64. The van der Waals surface area contributed by atoms with Gasteiger partial charge < -0.3 is 19.5 Å². The summed E-state index contributed by atoms with van der Waals surface area (Å²) in [6.07, 6.45) is 2.52. The molecule has 6 nitrogen and oxygen atoms in total. The van der Waals surface area contributed by atoms with E-state index in [9.17, 15) is 14.7 Å². The van der Waals surface area contributed by atoms with E-state index in [-0.39, 0.29) is 11.3 Å². The van der Waals surface area contributed by atoms with Crippen molar-refractivity contribution in [1.29, 1.82) is 0 Å². The van der Waals surface area contributed by atoms with Crippen LogP contribution >= 0.6 is 15.9 Å². The van der Waals surface area contributed by atoms with Crippen LogP contribution in [0.4, 0.5) is 0 Å². The first-order valence-electron chi connectivity index (χ1n) is 10.7. The molecule has 170 valence electrons. The Morgan fingerprint density at radius 1 is 1.09 bits per heavy atom. The molecule has 3 rings (SSSR count). The molecule has 1 heterocycles. The Morgan fingerprint density at radius 3 is 2.53 bits per heavy atom. The number of carbonyl (C=O) groups excluding carboxylic acids is 2. The summed E-state index contributed by atoms with van der Waals surface area (Å²) in [6, 6.07) is 13.7. The van der Waals surface area contributed by atoms with Crippen molar-refractivity contribution in [3.8, 4) is 5.75 Å². The van der Waals surface area contributed by atoms with Crippen molar-refractivity contribution >= 4 is 33.4 Å². The van der Waals surface area contributed by atoms with Gasteiger partial charge in [0.2, 0.25) is 0 Å². The number of carbonyl (C=O) groups is 2. The van der Waals surface area contributed by atoms with Crippen LogP contribution in [0.25, 0.3) is 5.76 Å². The second-order valence-electron chi connectivity index (χ2n) is 7.62. The average Bonchev–Trinajstić information content (AvgIpc) is 3.05. The van der Waals surface area contributed by atoms with Gasteiger partial charge in [0.15, 0.2) is 0 Å². The molecule has 1 fully saturated rings. The largest absolute Gasteiger partial charge is 0.507 e. The predicted octanol–water partition coefficient (Wildman–Crippen LogP) is 5.09. The van der Waals surface area contributed by atoms with Gasteiger partial charge in [-0.25, -0.2) is 0 Å². The summed E-state index contributed by atoms with van der Waals surface area (Å²) >= 11 is 3.42. The molecule has 2 aromatic rings. The quantitative estimate of drug-likeness (QED) is 0.212. The highest BCUT2D eigenvalue weighted by Gasteiger charge is 2.45. The molecule has 0 spiro atoms. The number of methoxy groups -OCH3 is 1. The molecule has 1 saturated heterocycles. The van der Waals surface area contributed by atoms with E-state index in [1.807, 2.05) is 30.3 Å². The Kier molecular flexibility index (Phi) is 8.47. The Labute approximate surface area is 197 Å². The lowest BCUT2D eigenvalue weighted by atomic mass is 9.95. The zero-order valence-corrected chi connectivity index (χ0v) is 19.9. The van der Waals surface area contributed by atoms with E-state index in [4.69, 9.17) is 9.47 Å². The van der Waals surface area contributed by atoms with Crippen LogP contribution in [0.1, 0.15) is 43.4 Å². The smallest absolute Gasteiger partial charge is 0.295 e. The minimum atomic E-state index is -0.690. The van der Waals surface area contributed by atoms with E-state index in [1.165, 1.54) is 4.90 Å². The Bertz CT molecular complexity index is 986. The van der Waals surface area contributed by atoms with Crippen molar-refractivity contribution in [2.45, 2.75) is 32.2 Å². The van der Waals surface area contributed by atoms with Crippen molar-refractivity contribution in [2.24, 2.45) is 0 Å². The molecule has 2 aromatic carbocycles. The SMILES string of the molecule is CCCCOc1cccc(/C(O)=C2\C(=O)C(=O)N(CCCOC)C2c2ccc(Br)cc2)c1. The molecule has 1 aliphatic rings. The minimum absolute atomic E-state index is 0.0837. The van der Waals surface area contributed by atoms with Crippen LogP contribution < -0.4 is 4.74 Å². The Balaban J connectivity index is 2.03. The predicted molar refractivity (Wildman–Crippen MR) is 126 cm³/mol. The van der Waals surface area contributed by atoms with Crippen molar-refractivity contribution in [3.63, 3.8) is 0 Å². The lowest BCUT2D eigenvalue weighted by Crippen LogP contribution is -2.31. The van der Waals surface area contributed by atoms with E-state index in [2.05, 4.69) is 22.9 Å². The van der Waals surface area contributed by atoms with E-state index >= 15 is 0 Å². The van der Waals surface area contributed by atoms with Crippen molar-refractivity contribution in [2.75, 3.05) is 26.9 Å². The summed E-state index contributed by atoms with van der Waals surface area (Å²) < 4.78 is 11.7. The van der Waals surface area contributed by atoms with Gasteiger partial charge in [-0.1, -0.05) is 53.5 Å². The summed E-state index contributed by atoms with van der Waals surface area (Å²) in [7, 11) is 1.59. The highest BCUT2D eigenvalue weighted by atomic mass is 79.9. The number of nitrogens with zero attached hydrogens (tertiary/aromatic N) is 1. The van der Waals surface area contributed by atoms with Gasteiger partial charge in [0, 0.05) is 30.3 Å². The molecule has 32 heavy (non-hydrogen) atoms. The summed E-state index contributed by atoms with van der Waals surface area (Å²) in [5, 5.41) is 11.2. The van der Waals surface area contributed by atoms with Crippen LogP contribution in [0.3, 0.4) is 0 Å². The zero-order valence-electron chi connectivity index (χ0n) is 18.3. The molecule has 0 radical (unpaired) electrons. The average molecular weight is 502 g/mol. The van der Waals surface area contributed by atoms with E-state index in [0.717, 1.165) is 22.9 Å². The molecule has 1 N–H and O–H groups in total. The fraction of sp³-hybridized carbons (Fsp3) is 0.360. The number of rotatable bonds is 10. The van der Waals surface area contributed by atoms with Crippen molar-refractivity contribution in [1.82, 2.24) is 4.90 Å². The van der Waals surface area contributed by atoms with Gasteiger partial charge >= 0.3 is 0 Å². The monoisotopic (exact) mass is 501 g/mol. The van der Waals surface area contributed by atoms with E-state index < -0.39 is 17.7 Å². The second-order valence-corrected chi connectivity index (χ2v) is 8.54. The van der Waals surface area contributed by atoms with Crippen molar-refractivity contribution < 1.29 is 24.2 Å². The van der Waals surface area contributed by atoms with Crippen LogP contribution in [-0.2, 0) is 14.3 Å². The van der Waals surface area contributed by atoms with E-state index in [1.54, 1.807) is 25.3 Å². The van der Waals surface area contributed by atoms with Gasteiger partial charge in [0.1, 0.15) is 11.5 Å². The topological polar surface area (TPSA) is 76.1 Å². The van der Waals surface area contributed by atoms with Crippen LogP contribution in [0.5, 0.6) is 5.75 Å². The number of ether oxygens (including phenoxy) is 2. The summed E-state index contributed by atoms with van der Waals surface area (Å²) in [4.78, 5) is 27.4. The van der Waals surface area contributed by atoms with Gasteiger partial charge in [-0.3, -0.25) is 9.59 Å². The number of halogens is 1. The number of benzene rings is 2. The zero-order chi connectivity index (χ0) is 23.1. The van der Waals surface area contributed by atoms with Gasteiger partial charge in [-0.15, -0.1) is 0 Å². The highest BCUT2D eigenvalue weighted by molar-refractivity contribution is 9.10. The number of aliphatic hydroxyl groups excluding tert-OH is 1. The van der Waals surface area contributed by atoms with Gasteiger partial charge in [-0.2, -0.15) is 0 Å². The first kappa shape index (κ1) is 24.0. The maximum absolute atomic E-state index is 13.0. The van der Waals surface area contributed by atoms with Crippen LogP contribution in [-0.4, -0.2) is 48.6 Å². The minimum Gasteiger partial charge on any atom is -0.507 e. The number of hydrogen-bond donors (Lipinski definition) is 1. The first-order chi connectivity index (χ1) is 15.5. The molecule has 0 saturated carbocycles. The van der Waals surface area contributed by atoms with Crippen LogP contribution in [0.2, 0.25) is 0 Å². The lowest BCUT2D eigenvalue weighted by Gasteiger charge is -2.25. The molecule has 7 heteroatoms. The molecular weight excluding hydrogens is 474 g/mol. The maximum Gasteiger partial charge on any atom is 0.295 e. The standard InChI is InChI=1S/C25H28BrNO5/c1-3-4-15-32-20-8-5-7-18(16-20)23(28)21-22(17-9-11-19(26)12-10-17)27(13-6-14-31-2)25(30)24(21)29/h5,7-12,16,22,28H,3-4,6,13-15H2,1-2H3/b23-21+. The third kappa shape index (κ3) is 5.40. The number of unbranched alkanes of at least 4 members (excludes halogenated alkanes) is 1. The molecule has 0 aromatic heterocycles. The molecule has 0 aliphatic carbocycles. The molecular formula is C25H28BrNO5. The molecule has 0 bridgehead atoms. The third-order valence-electron chi connectivity index (χ3n) is 5.35. The molecule has 1 unspecified atom stereocenters. The summed E-state index contributed by atoms with van der Waals surface area (Å²) in [5.41, 5.74) is 1.28. The fourth-order valence-electron chi connectivity index (χ4n) is 3.70. The Morgan fingerprint density at radius 2 is 1.84 bits per heavy atom. The van der Waals surface area contributed by atoms with Gasteiger partial charge in [-0.05, 0) is 42.7 Å². The summed E-state index contributed by atoms with van der Waals surface area (Å²) in [5.74, 6) is -0.903. The number of aliphatic hydroxyl groups is 1. The normalized spacial score (nSPS) is 17.7. The summed E-state index contributed by atoms with van der Waals surface area (Å²) in [6.45, 7) is 3.46. The molecule has 1 atom stereocenters. The number of hydrogen-bond acceptors (Lipinski definition) is 5. The van der Waals surface area contributed by atoms with Gasteiger partial charge in [0.05, 0.1) is 18.2 Å². The van der Waals surface area contributed by atoms with Crippen LogP contribution in [0, 0.1) is 0 Å². The lowest BCUT2D eigenvalue weighted by molar-refractivity contribution is -0.140. The second kappa shape index (κ2) is 11.3. The molecule has 1 amide bonds. The van der Waals surface area contributed by atoms with Crippen LogP contribution in [0.15, 0.2) is 58.6 Å². The number of ketones is 1. The molecule has 1 aliphatic heterocycles. The first-order valence-corrected chi connectivity index (χ1v) is 11.5. The van der Waals surface area contributed by atoms with Gasteiger partial charge in [0.25, 0.3) is 11.7 Å². The third-order valence-corrected chi connectivity index (χ3v) is 5.88. The number of Topliss-reactive ketones (excluding diaryl/α,β-unsaturated/α-hetero) is 1. The van der Waals surface area contributed by atoms with Crippen molar-refractivity contribution in [3.05, 3.63) is 69.7 Å². The van der Waals surface area contributed by atoms with E-state index in [0.29, 0.717) is 37.5 Å². The highest BCUT2D eigenvalue weighted by Crippen LogP contribution is 2.40. The fourth-order valence-corrected chi connectivity index (χ4v) is 3.97. The maximum atomic E-state index is 13.0. The number of amides is 1.